The molecule has 1 aliphatic heterocycles. The van der Waals surface area contributed by atoms with Gasteiger partial charge in [0.2, 0.25) is 0 Å². The third-order valence-corrected chi connectivity index (χ3v) is 8.46. The Morgan fingerprint density at radius 3 is 2.61 bits per heavy atom. The molecule has 1 aromatic heterocycles. The molecule has 1 saturated heterocycles. The molecule has 10 heteroatoms. The second-order valence-corrected chi connectivity index (χ2v) is 10.9. The molecule has 0 saturated carbocycles. The van der Waals surface area contributed by atoms with Gasteiger partial charge in [0.15, 0.2) is 11.6 Å². The predicted octanol–water partition coefficient (Wildman–Crippen LogP) is 6.79. The number of methoxy groups -OCH3 is 1. The normalized spacial score (nSPS) is 16.6. The van der Waals surface area contributed by atoms with Crippen LogP contribution in [0.25, 0.3) is 10.9 Å². The maximum Gasteiger partial charge on any atom is 0.172 e. The Hall–Kier alpha value is -2.43. The molecule has 38 heavy (non-hydrogen) atoms. The molecule has 0 amide bonds. The summed E-state index contributed by atoms with van der Waals surface area (Å²) in [4.78, 5) is 6.33. The number of halogens is 5. The predicted molar refractivity (Wildman–Crippen MR) is 138 cm³/mol. The lowest BCUT2D eigenvalue weighted by atomic mass is 9.74. The van der Waals surface area contributed by atoms with Crippen LogP contribution >= 0.6 is 11.8 Å². The van der Waals surface area contributed by atoms with E-state index in [1.807, 2.05) is 0 Å². The van der Waals surface area contributed by atoms with Crippen molar-refractivity contribution in [1.29, 1.82) is 0 Å². The lowest BCUT2D eigenvalue weighted by molar-refractivity contribution is 0.0322. The van der Waals surface area contributed by atoms with Crippen molar-refractivity contribution in [2.45, 2.75) is 43.4 Å². The fraction of sp³-hybridized carbons (Fsp3) is 0.464. The second-order valence-electron chi connectivity index (χ2n) is 9.77. The number of likely N-dealkylation sites (tertiary alicyclic amines) is 1. The average Bonchev–Trinajstić information content (AvgIpc) is 2.94. The number of fused-ring (bicyclic) bond motifs is 1. The van der Waals surface area contributed by atoms with Crippen molar-refractivity contribution in [2.75, 3.05) is 39.1 Å². The van der Waals surface area contributed by atoms with Crippen LogP contribution in [0.4, 0.5) is 22.0 Å². The first-order chi connectivity index (χ1) is 18.3. The van der Waals surface area contributed by atoms with E-state index < -0.39 is 35.7 Å². The Bertz CT molecular complexity index is 1250. The van der Waals surface area contributed by atoms with Gasteiger partial charge in [-0.15, -0.1) is 11.8 Å². The van der Waals surface area contributed by atoms with Crippen LogP contribution in [0.5, 0.6) is 5.75 Å². The first-order valence-electron chi connectivity index (χ1n) is 12.6. The van der Waals surface area contributed by atoms with E-state index >= 15 is 4.39 Å². The Morgan fingerprint density at radius 2 is 1.92 bits per heavy atom. The van der Waals surface area contributed by atoms with Crippen LogP contribution in [-0.2, 0) is 6.67 Å². The zero-order chi connectivity index (χ0) is 27.3. The van der Waals surface area contributed by atoms with Gasteiger partial charge < -0.3 is 14.7 Å². The summed E-state index contributed by atoms with van der Waals surface area (Å²) in [5.74, 6) is -2.09. The molecule has 0 spiro atoms. The molecule has 0 aliphatic carbocycles. The molecule has 2 heterocycles. The highest BCUT2D eigenvalue weighted by molar-refractivity contribution is 7.99. The number of nitrogens with zero attached hydrogens (tertiary/aromatic N) is 2. The lowest BCUT2D eigenvalue weighted by Gasteiger charge is -2.41. The number of rotatable bonds is 11. The van der Waals surface area contributed by atoms with E-state index in [1.54, 1.807) is 18.2 Å². The molecule has 4 nitrogen and oxygen atoms in total. The summed E-state index contributed by atoms with van der Waals surface area (Å²) in [7, 11) is 1.51. The van der Waals surface area contributed by atoms with E-state index in [4.69, 9.17) is 4.74 Å². The Morgan fingerprint density at radius 1 is 1.16 bits per heavy atom. The van der Waals surface area contributed by atoms with E-state index in [0.29, 0.717) is 67.4 Å². The molecule has 1 aliphatic rings. The number of benzene rings is 2. The number of thioether (sulfide) groups is 1. The summed E-state index contributed by atoms with van der Waals surface area (Å²) < 4.78 is 75.4. The number of ether oxygens (including phenoxy) is 1. The largest absolute Gasteiger partial charge is 0.497 e. The van der Waals surface area contributed by atoms with Crippen LogP contribution in [0.3, 0.4) is 0 Å². The van der Waals surface area contributed by atoms with Crippen LogP contribution in [0.1, 0.15) is 43.0 Å². The van der Waals surface area contributed by atoms with Gasteiger partial charge in [-0.05, 0) is 68.5 Å². The third-order valence-electron chi connectivity index (χ3n) is 7.46. The first-order valence-corrected chi connectivity index (χ1v) is 13.5. The minimum atomic E-state index is -1.43. The molecule has 206 valence electrons. The molecule has 0 radical (unpaired) electrons. The first kappa shape index (κ1) is 28.6. The van der Waals surface area contributed by atoms with Crippen molar-refractivity contribution >= 4 is 22.7 Å². The highest BCUT2D eigenvalue weighted by atomic mass is 32.2. The number of hydrogen-bond acceptors (Lipinski definition) is 5. The van der Waals surface area contributed by atoms with E-state index in [9.17, 15) is 22.7 Å². The number of alkyl halides is 2. The van der Waals surface area contributed by atoms with Crippen molar-refractivity contribution in [3.8, 4) is 5.75 Å². The fourth-order valence-electron chi connectivity index (χ4n) is 5.07. The molecular formula is C28H31F5N2O2S. The topological polar surface area (TPSA) is 45.6 Å². The van der Waals surface area contributed by atoms with E-state index in [2.05, 4.69) is 9.88 Å². The van der Waals surface area contributed by atoms with Crippen molar-refractivity contribution in [3.05, 3.63) is 65.1 Å². The van der Waals surface area contributed by atoms with Crippen LogP contribution < -0.4 is 4.74 Å². The van der Waals surface area contributed by atoms with Crippen molar-refractivity contribution in [1.82, 2.24) is 9.88 Å². The quantitative estimate of drug-likeness (QED) is 0.161. The van der Waals surface area contributed by atoms with Gasteiger partial charge in [0.05, 0.1) is 12.6 Å². The zero-order valence-corrected chi connectivity index (χ0v) is 22.0. The van der Waals surface area contributed by atoms with Crippen molar-refractivity contribution < 1.29 is 31.8 Å². The average molecular weight is 555 g/mol. The van der Waals surface area contributed by atoms with E-state index in [1.165, 1.54) is 13.3 Å². The Labute approximate surface area is 223 Å². The Kier molecular flexibility index (Phi) is 9.49. The molecule has 0 bridgehead atoms. The fourth-order valence-corrected chi connectivity index (χ4v) is 6.06. The minimum absolute atomic E-state index is 0.0629. The summed E-state index contributed by atoms with van der Waals surface area (Å²) in [5.41, 5.74) is 0.588. The van der Waals surface area contributed by atoms with Crippen LogP contribution in [0.2, 0.25) is 0 Å². The Balaban J connectivity index is 1.35. The van der Waals surface area contributed by atoms with Gasteiger partial charge in [0.25, 0.3) is 0 Å². The summed E-state index contributed by atoms with van der Waals surface area (Å²) in [6, 6.07) is 6.62. The molecule has 4 rings (SSSR count). The van der Waals surface area contributed by atoms with E-state index in [-0.39, 0.29) is 29.1 Å². The standard InChI is InChI=1S/C28H31F5N2O2S/c1-37-20-2-3-24-21(14-20)26(18(15-29)16-34-24)22(31)4-5-28(17-36)6-8-35(9-7-28)10-11-38-25-13-19(30)12-23(32)27(25)33/h2-3,12-14,16,22,36H,4-11,15,17H2,1H3/t22-/m1/s1. The van der Waals surface area contributed by atoms with Gasteiger partial charge in [-0.2, -0.15) is 0 Å². The van der Waals surface area contributed by atoms with Crippen LogP contribution in [0, 0.1) is 22.9 Å². The lowest BCUT2D eigenvalue weighted by Crippen LogP contribution is -2.42. The maximum absolute atomic E-state index is 15.7. The monoisotopic (exact) mass is 554 g/mol. The summed E-state index contributed by atoms with van der Waals surface area (Å²) >= 11 is 1.05. The van der Waals surface area contributed by atoms with Gasteiger partial charge >= 0.3 is 0 Å². The molecule has 1 fully saturated rings. The zero-order valence-electron chi connectivity index (χ0n) is 21.2. The molecule has 0 unspecified atom stereocenters. The summed E-state index contributed by atoms with van der Waals surface area (Å²) in [6.07, 6.45) is 1.79. The van der Waals surface area contributed by atoms with Crippen LogP contribution in [-0.4, -0.2) is 54.1 Å². The number of aliphatic hydroxyl groups is 1. The third kappa shape index (κ3) is 6.40. The highest BCUT2D eigenvalue weighted by Gasteiger charge is 2.35. The maximum atomic E-state index is 15.7. The summed E-state index contributed by atoms with van der Waals surface area (Å²) in [5, 5.41) is 10.7. The van der Waals surface area contributed by atoms with Gasteiger partial charge in [-0.1, -0.05) is 0 Å². The van der Waals surface area contributed by atoms with Gasteiger partial charge in [0.1, 0.15) is 24.4 Å². The molecule has 1 atom stereocenters. The summed E-state index contributed by atoms with van der Waals surface area (Å²) in [6.45, 7) is 0.976. The van der Waals surface area contributed by atoms with Gasteiger partial charge in [0, 0.05) is 52.6 Å². The highest BCUT2D eigenvalue weighted by Crippen LogP contribution is 2.41. The molecule has 1 N–H and O–H groups in total. The second kappa shape index (κ2) is 12.6. The van der Waals surface area contributed by atoms with Gasteiger partial charge in [-0.25, -0.2) is 22.0 Å². The SMILES string of the molecule is COc1ccc2ncc(CF)c([C@H](F)CCC3(CO)CCN(CCSc4cc(F)cc(F)c4F)CC3)c2c1. The molecular weight excluding hydrogens is 523 g/mol. The number of aromatic nitrogens is 1. The van der Waals surface area contributed by atoms with Crippen molar-refractivity contribution in [3.63, 3.8) is 0 Å². The van der Waals surface area contributed by atoms with E-state index in [0.717, 1.165) is 17.8 Å². The molecule has 3 aromatic rings. The minimum Gasteiger partial charge on any atom is -0.497 e. The van der Waals surface area contributed by atoms with Crippen LogP contribution in [0.15, 0.2) is 41.4 Å². The van der Waals surface area contributed by atoms with Crippen molar-refractivity contribution in [2.24, 2.45) is 5.41 Å². The number of piperidine rings is 1. The smallest absolute Gasteiger partial charge is 0.172 e. The molecule has 2 aromatic carbocycles. The number of pyridine rings is 1. The number of aliphatic hydroxyl groups excluding tert-OH is 1. The number of hydrogen-bond donors (Lipinski definition) is 1. The van der Waals surface area contributed by atoms with Gasteiger partial charge in [-0.3, -0.25) is 4.98 Å².